The lowest BCUT2D eigenvalue weighted by atomic mass is 10.0. The molecule has 134 valence electrons. The second kappa shape index (κ2) is 8.01. The Hall–Kier alpha value is -2.86. The summed E-state index contributed by atoms with van der Waals surface area (Å²) < 4.78 is 23.7. The van der Waals surface area contributed by atoms with Gasteiger partial charge in [0.25, 0.3) is 5.91 Å². The van der Waals surface area contributed by atoms with E-state index in [1.54, 1.807) is 37.4 Å². The van der Waals surface area contributed by atoms with Gasteiger partial charge >= 0.3 is 0 Å². The van der Waals surface area contributed by atoms with Crippen molar-refractivity contribution in [3.05, 3.63) is 81.8 Å². The molecule has 3 rings (SSSR count). The molecule has 1 heterocycles. The second-order valence-electron chi connectivity index (χ2n) is 5.54. The minimum absolute atomic E-state index is 0.256. The number of methoxy groups -OCH3 is 2. The minimum atomic E-state index is -0.365. The van der Waals surface area contributed by atoms with Gasteiger partial charge in [0.1, 0.15) is 5.82 Å². The molecule has 0 fully saturated rings. The van der Waals surface area contributed by atoms with Gasteiger partial charge in [0.2, 0.25) is 0 Å². The van der Waals surface area contributed by atoms with Crippen LogP contribution in [0.2, 0.25) is 0 Å². The normalized spacial score (nSPS) is 11.7. The van der Waals surface area contributed by atoms with Crippen molar-refractivity contribution < 1.29 is 18.7 Å². The fraction of sp³-hybridized carbons (Fsp3) is 0.150. The van der Waals surface area contributed by atoms with Crippen molar-refractivity contribution in [3.63, 3.8) is 0 Å². The van der Waals surface area contributed by atoms with Gasteiger partial charge in [-0.05, 0) is 47.3 Å². The molecule has 1 aromatic heterocycles. The van der Waals surface area contributed by atoms with Crippen LogP contribution in [-0.4, -0.2) is 20.1 Å². The van der Waals surface area contributed by atoms with Gasteiger partial charge < -0.3 is 14.8 Å². The molecule has 1 amide bonds. The van der Waals surface area contributed by atoms with Gasteiger partial charge in [0.15, 0.2) is 11.5 Å². The quantitative estimate of drug-likeness (QED) is 0.698. The number of hydrogen-bond donors (Lipinski definition) is 1. The number of benzene rings is 2. The predicted octanol–water partition coefficient (Wildman–Crippen LogP) is 4.42. The van der Waals surface area contributed by atoms with E-state index in [0.717, 1.165) is 10.4 Å². The van der Waals surface area contributed by atoms with Crippen LogP contribution < -0.4 is 14.8 Å². The first kappa shape index (κ1) is 17.9. The molecule has 1 unspecified atom stereocenters. The smallest absolute Gasteiger partial charge is 0.252 e. The van der Waals surface area contributed by atoms with E-state index in [4.69, 9.17) is 9.47 Å². The van der Waals surface area contributed by atoms with Crippen molar-refractivity contribution >= 4 is 17.2 Å². The molecule has 1 atom stereocenters. The fourth-order valence-corrected chi connectivity index (χ4v) is 3.42. The number of carbonyl (C=O) groups excluding carboxylic acids is 1. The Morgan fingerprint density at radius 1 is 1.04 bits per heavy atom. The molecule has 0 aliphatic heterocycles. The number of halogens is 1. The molecule has 26 heavy (non-hydrogen) atoms. The summed E-state index contributed by atoms with van der Waals surface area (Å²) in [5, 5.41) is 4.95. The summed E-state index contributed by atoms with van der Waals surface area (Å²) in [6.45, 7) is 0. The molecular weight excluding hydrogens is 353 g/mol. The number of rotatable bonds is 6. The maximum Gasteiger partial charge on any atom is 0.252 e. The Bertz CT molecular complexity index is 879. The van der Waals surface area contributed by atoms with Crippen molar-refractivity contribution in [2.24, 2.45) is 0 Å². The van der Waals surface area contributed by atoms with E-state index in [9.17, 15) is 9.18 Å². The van der Waals surface area contributed by atoms with Crippen LogP contribution in [0.1, 0.15) is 26.8 Å². The number of ether oxygens (including phenoxy) is 2. The Morgan fingerprint density at radius 2 is 1.77 bits per heavy atom. The first-order valence-electron chi connectivity index (χ1n) is 7.94. The van der Waals surface area contributed by atoms with Crippen LogP contribution in [-0.2, 0) is 0 Å². The van der Waals surface area contributed by atoms with Gasteiger partial charge in [-0.15, -0.1) is 11.3 Å². The van der Waals surface area contributed by atoms with E-state index in [0.29, 0.717) is 17.1 Å². The van der Waals surface area contributed by atoms with Crippen molar-refractivity contribution in [2.75, 3.05) is 14.2 Å². The molecule has 0 aliphatic rings. The summed E-state index contributed by atoms with van der Waals surface area (Å²) in [7, 11) is 3.06. The highest BCUT2D eigenvalue weighted by atomic mass is 32.1. The molecule has 4 nitrogen and oxygen atoms in total. The Labute approximate surface area is 155 Å². The van der Waals surface area contributed by atoms with Gasteiger partial charge in [-0.1, -0.05) is 18.2 Å². The zero-order valence-corrected chi connectivity index (χ0v) is 15.2. The number of hydrogen-bond acceptors (Lipinski definition) is 4. The molecule has 0 radical (unpaired) electrons. The van der Waals surface area contributed by atoms with E-state index >= 15 is 0 Å². The molecule has 0 saturated carbocycles. The van der Waals surface area contributed by atoms with Gasteiger partial charge in [-0.2, -0.15) is 0 Å². The Morgan fingerprint density at radius 3 is 2.38 bits per heavy atom. The highest BCUT2D eigenvalue weighted by Gasteiger charge is 2.20. The van der Waals surface area contributed by atoms with E-state index in [-0.39, 0.29) is 17.8 Å². The van der Waals surface area contributed by atoms with Crippen LogP contribution in [0.25, 0.3) is 0 Å². The van der Waals surface area contributed by atoms with Crippen molar-refractivity contribution in [3.8, 4) is 11.5 Å². The van der Waals surface area contributed by atoms with Crippen LogP contribution >= 0.6 is 11.3 Å². The molecule has 3 aromatic rings. The maximum atomic E-state index is 13.3. The maximum absolute atomic E-state index is 13.3. The van der Waals surface area contributed by atoms with E-state index in [2.05, 4.69) is 5.32 Å². The molecule has 6 heteroatoms. The number of amides is 1. The van der Waals surface area contributed by atoms with Crippen molar-refractivity contribution in [1.82, 2.24) is 5.32 Å². The fourth-order valence-electron chi connectivity index (χ4n) is 2.62. The van der Waals surface area contributed by atoms with Crippen LogP contribution in [0, 0.1) is 5.82 Å². The van der Waals surface area contributed by atoms with E-state index < -0.39 is 0 Å². The van der Waals surface area contributed by atoms with Crippen molar-refractivity contribution in [1.29, 1.82) is 0 Å². The lowest BCUT2D eigenvalue weighted by Gasteiger charge is -2.19. The number of nitrogens with one attached hydrogen (secondary N) is 1. The molecule has 1 N–H and O–H groups in total. The van der Waals surface area contributed by atoms with E-state index in [1.807, 2.05) is 17.5 Å². The Balaban J connectivity index is 1.89. The molecular formula is C20H18FNO3S. The lowest BCUT2D eigenvalue weighted by Crippen LogP contribution is -2.28. The number of thiophene rings is 1. The summed E-state index contributed by atoms with van der Waals surface area (Å²) >= 11 is 1.53. The Kier molecular flexibility index (Phi) is 5.53. The second-order valence-corrected chi connectivity index (χ2v) is 6.52. The highest BCUT2D eigenvalue weighted by Crippen LogP contribution is 2.29. The summed E-state index contributed by atoms with van der Waals surface area (Å²) in [5.74, 6) is 0.463. The van der Waals surface area contributed by atoms with Crippen LogP contribution in [0.4, 0.5) is 4.39 Å². The molecule has 0 spiro atoms. The van der Waals surface area contributed by atoms with Gasteiger partial charge in [0, 0.05) is 10.4 Å². The zero-order chi connectivity index (χ0) is 18.5. The predicted molar refractivity (Wildman–Crippen MR) is 99.6 cm³/mol. The summed E-state index contributed by atoms with van der Waals surface area (Å²) in [5.41, 5.74) is 1.26. The molecule has 0 saturated heterocycles. The monoisotopic (exact) mass is 371 g/mol. The standard InChI is InChI=1S/C20H18FNO3S/c1-24-16-10-7-14(12-17(16)25-2)20(23)22-19(18-4-3-11-26-18)13-5-8-15(21)9-6-13/h3-12,19H,1-2H3,(H,22,23). The summed E-state index contributed by atoms with van der Waals surface area (Å²) in [4.78, 5) is 13.7. The zero-order valence-electron chi connectivity index (χ0n) is 14.4. The van der Waals surface area contributed by atoms with Crippen LogP contribution in [0.5, 0.6) is 11.5 Å². The first-order chi connectivity index (χ1) is 12.6. The minimum Gasteiger partial charge on any atom is -0.493 e. The molecule has 0 aliphatic carbocycles. The van der Waals surface area contributed by atoms with E-state index in [1.165, 1.54) is 30.6 Å². The third-order valence-electron chi connectivity index (χ3n) is 3.95. The summed E-state index contributed by atoms with van der Waals surface area (Å²) in [6.07, 6.45) is 0. The highest BCUT2D eigenvalue weighted by molar-refractivity contribution is 7.10. The average Bonchev–Trinajstić information content (AvgIpc) is 3.20. The average molecular weight is 371 g/mol. The van der Waals surface area contributed by atoms with Crippen LogP contribution in [0.15, 0.2) is 60.0 Å². The molecule has 2 aromatic carbocycles. The van der Waals surface area contributed by atoms with Crippen molar-refractivity contribution in [2.45, 2.75) is 6.04 Å². The summed E-state index contributed by atoms with van der Waals surface area (Å²) in [6, 6.07) is 14.6. The van der Waals surface area contributed by atoms with Crippen LogP contribution in [0.3, 0.4) is 0 Å². The SMILES string of the molecule is COc1ccc(C(=O)NC(c2ccc(F)cc2)c2cccs2)cc1OC. The van der Waals surface area contributed by atoms with Gasteiger partial charge in [-0.3, -0.25) is 4.79 Å². The first-order valence-corrected chi connectivity index (χ1v) is 8.82. The third kappa shape index (κ3) is 3.86. The third-order valence-corrected chi connectivity index (χ3v) is 4.89. The largest absolute Gasteiger partial charge is 0.493 e. The topological polar surface area (TPSA) is 47.6 Å². The molecule has 0 bridgehead atoms. The van der Waals surface area contributed by atoms with Gasteiger partial charge in [0.05, 0.1) is 20.3 Å². The number of carbonyl (C=O) groups is 1. The van der Waals surface area contributed by atoms with Gasteiger partial charge in [-0.25, -0.2) is 4.39 Å². The lowest BCUT2D eigenvalue weighted by molar-refractivity contribution is 0.0943.